The molecule has 1 N–H and O–H groups in total. The molecule has 2 heteroatoms. The molecule has 0 atom stereocenters. The number of rotatable bonds is 2. The third kappa shape index (κ3) is 2.74. The minimum atomic E-state index is -1.68. The average Bonchev–Trinajstić information content (AvgIpc) is 3.63. The van der Waals surface area contributed by atoms with E-state index >= 15 is 0 Å². The molecular weight excluding hydrogens is 502 g/mol. The largest absolute Gasteiger partial charge is 0.353 e. The van der Waals surface area contributed by atoms with E-state index in [1.54, 1.807) is 0 Å². The van der Waals surface area contributed by atoms with Crippen LogP contribution in [0.4, 0.5) is 0 Å². The quantitative estimate of drug-likeness (QED) is 0.215. The van der Waals surface area contributed by atoms with Crippen LogP contribution in [0.3, 0.4) is 0 Å². The summed E-state index contributed by atoms with van der Waals surface area (Å²) in [7, 11) is -1.68. The molecule has 7 aromatic carbocycles. The van der Waals surface area contributed by atoms with Gasteiger partial charge in [0, 0.05) is 36.2 Å². The molecule has 0 spiro atoms. The van der Waals surface area contributed by atoms with E-state index in [0.29, 0.717) is 0 Å². The first-order chi connectivity index (χ1) is 19.9. The fraction of sp³-hybridized carbons (Fsp3) is 0. The Morgan fingerprint density at radius 3 is 1.48 bits per heavy atom. The number of fused-ring (bicyclic) bond motifs is 13. The highest BCUT2D eigenvalue weighted by atomic mass is 32.3. The second kappa shape index (κ2) is 8.11. The minimum absolute atomic E-state index is 1.23. The number of benzene rings is 7. The molecule has 0 amide bonds. The van der Waals surface area contributed by atoms with Crippen molar-refractivity contribution in [3.05, 3.63) is 144 Å². The van der Waals surface area contributed by atoms with Crippen LogP contribution in [0.15, 0.2) is 154 Å². The van der Waals surface area contributed by atoms with E-state index in [1.807, 2.05) is 0 Å². The van der Waals surface area contributed by atoms with Gasteiger partial charge in [-0.05, 0) is 62.9 Å². The van der Waals surface area contributed by atoms with E-state index in [9.17, 15) is 0 Å². The summed E-state index contributed by atoms with van der Waals surface area (Å²) in [5.41, 5.74) is 3.81. The number of nitrogens with one attached hydrogen (secondary N) is 1. The van der Waals surface area contributed by atoms with Crippen LogP contribution in [0.5, 0.6) is 0 Å². The van der Waals surface area contributed by atoms with Crippen LogP contribution in [0.2, 0.25) is 0 Å². The van der Waals surface area contributed by atoms with Gasteiger partial charge >= 0.3 is 0 Å². The van der Waals surface area contributed by atoms with Gasteiger partial charge in [0.05, 0.1) is 11.0 Å². The van der Waals surface area contributed by atoms with Crippen LogP contribution < -0.4 is 0 Å². The fourth-order valence-electron chi connectivity index (χ4n) is 7.00. The molecule has 2 heterocycles. The highest BCUT2D eigenvalue weighted by Crippen LogP contribution is 2.75. The van der Waals surface area contributed by atoms with Gasteiger partial charge < -0.3 is 4.98 Å². The first-order valence-electron chi connectivity index (χ1n) is 13.8. The summed E-state index contributed by atoms with van der Waals surface area (Å²) in [6.45, 7) is 0. The predicted octanol–water partition coefficient (Wildman–Crippen LogP) is 11.0. The van der Waals surface area contributed by atoms with Gasteiger partial charge in [-0.15, -0.1) is 10.0 Å². The average molecular weight is 528 g/mol. The zero-order chi connectivity index (χ0) is 26.3. The smallest absolute Gasteiger partial charge is 0.0556 e. The van der Waals surface area contributed by atoms with Crippen molar-refractivity contribution in [2.45, 2.75) is 14.7 Å². The van der Waals surface area contributed by atoms with Crippen LogP contribution in [0.1, 0.15) is 5.56 Å². The van der Waals surface area contributed by atoms with Gasteiger partial charge in [0.2, 0.25) is 0 Å². The molecule has 8 aromatic rings. The summed E-state index contributed by atoms with van der Waals surface area (Å²) in [5, 5.41) is 13.0. The van der Waals surface area contributed by atoms with Gasteiger partial charge in [0.1, 0.15) is 0 Å². The maximum absolute atomic E-state index is 4.01. The van der Waals surface area contributed by atoms with Crippen LogP contribution in [-0.4, -0.2) is 4.98 Å². The molecule has 0 bridgehead atoms. The molecule has 0 aliphatic carbocycles. The van der Waals surface area contributed by atoms with Crippen molar-refractivity contribution in [1.29, 1.82) is 0 Å². The first-order valence-corrected chi connectivity index (χ1v) is 15.5. The number of H-pyrrole nitrogens is 1. The van der Waals surface area contributed by atoms with Crippen LogP contribution in [-0.2, 0) is 0 Å². The van der Waals surface area contributed by atoms with E-state index in [2.05, 4.69) is 150 Å². The Hall–Kier alpha value is -4.79. The van der Waals surface area contributed by atoms with Gasteiger partial charge in [-0.25, -0.2) is 0 Å². The number of hydrogen-bond acceptors (Lipinski definition) is 0. The Labute approximate surface area is 233 Å². The Balaban J connectivity index is 1.61. The number of aromatic amines is 1. The molecule has 40 heavy (non-hydrogen) atoms. The Bertz CT molecular complexity index is 2270. The summed E-state index contributed by atoms with van der Waals surface area (Å²) in [4.78, 5) is 8.20. The standard InChI is InChI=1S/C38H25NS/c1-3-13-25(14-4-1)40(26-15-5-2-6-16-26)24-23-33-29-19-9-12-22-32(29)37-35(38(33)40)34-30-20-10-7-17-27(30)28-18-8-11-21-31(28)36(34)39-37/h1-24,39H. The monoisotopic (exact) mass is 527 g/mol. The van der Waals surface area contributed by atoms with Gasteiger partial charge in [-0.1, -0.05) is 109 Å². The van der Waals surface area contributed by atoms with E-state index in [-0.39, 0.29) is 0 Å². The van der Waals surface area contributed by atoms with Crippen molar-refractivity contribution in [1.82, 2.24) is 4.98 Å². The minimum Gasteiger partial charge on any atom is -0.353 e. The lowest BCUT2D eigenvalue weighted by atomic mass is 9.95. The summed E-state index contributed by atoms with van der Waals surface area (Å²) in [5.74, 6) is 0. The second-order valence-electron chi connectivity index (χ2n) is 10.6. The maximum Gasteiger partial charge on any atom is 0.0556 e. The van der Waals surface area contributed by atoms with E-state index in [1.165, 1.54) is 74.4 Å². The van der Waals surface area contributed by atoms with E-state index < -0.39 is 10.0 Å². The summed E-state index contributed by atoms with van der Waals surface area (Å²) in [6, 6.07) is 49.0. The number of hydrogen-bond donors (Lipinski definition) is 1. The van der Waals surface area contributed by atoms with Gasteiger partial charge in [-0.3, -0.25) is 0 Å². The van der Waals surface area contributed by atoms with Crippen LogP contribution in [0, 0.1) is 0 Å². The van der Waals surface area contributed by atoms with Crippen LogP contribution in [0.25, 0.3) is 60.2 Å². The summed E-state index contributed by atoms with van der Waals surface area (Å²) in [6.07, 6.45) is 2.41. The van der Waals surface area contributed by atoms with E-state index in [4.69, 9.17) is 0 Å². The van der Waals surface area contributed by atoms with Crippen molar-refractivity contribution >= 4 is 70.2 Å². The van der Waals surface area contributed by atoms with Crippen molar-refractivity contribution in [3.63, 3.8) is 0 Å². The molecule has 1 aliphatic heterocycles. The zero-order valence-electron chi connectivity index (χ0n) is 21.8. The molecule has 0 radical (unpaired) electrons. The molecule has 1 nitrogen and oxygen atoms in total. The lowest BCUT2D eigenvalue weighted by Gasteiger charge is -2.37. The lowest BCUT2D eigenvalue weighted by molar-refractivity contribution is 1.34. The number of aromatic nitrogens is 1. The van der Waals surface area contributed by atoms with E-state index in [0.717, 1.165) is 0 Å². The summed E-state index contributed by atoms with van der Waals surface area (Å²) >= 11 is 0. The maximum atomic E-state index is 4.01. The highest BCUT2D eigenvalue weighted by Gasteiger charge is 2.38. The third-order valence-electron chi connectivity index (χ3n) is 8.63. The van der Waals surface area contributed by atoms with Gasteiger partial charge in [0.25, 0.3) is 0 Å². The predicted molar refractivity (Wildman–Crippen MR) is 173 cm³/mol. The third-order valence-corrected chi connectivity index (χ3v) is 12.3. The van der Waals surface area contributed by atoms with Gasteiger partial charge in [0.15, 0.2) is 0 Å². The van der Waals surface area contributed by atoms with Crippen molar-refractivity contribution in [3.8, 4) is 0 Å². The highest BCUT2D eigenvalue weighted by molar-refractivity contribution is 8.36. The normalized spacial score (nSPS) is 14.9. The first kappa shape index (κ1) is 22.1. The second-order valence-corrected chi connectivity index (χ2v) is 13.5. The Kier molecular flexibility index (Phi) is 4.47. The molecule has 0 saturated heterocycles. The molecule has 1 aliphatic rings. The van der Waals surface area contributed by atoms with Crippen molar-refractivity contribution in [2.75, 3.05) is 0 Å². The SMILES string of the molecule is C1=CS(c2ccccc2)(c2ccccc2)c2c1c1ccccc1c1[nH]c3c4ccccc4c4ccccc4c3c21. The molecule has 188 valence electrons. The van der Waals surface area contributed by atoms with Crippen molar-refractivity contribution in [2.24, 2.45) is 0 Å². The van der Waals surface area contributed by atoms with Crippen molar-refractivity contribution < 1.29 is 0 Å². The molecule has 0 unspecified atom stereocenters. The molecule has 0 fully saturated rings. The van der Waals surface area contributed by atoms with Gasteiger partial charge in [-0.2, -0.15) is 0 Å². The Morgan fingerprint density at radius 2 is 0.850 bits per heavy atom. The molecular formula is C38H25NS. The molecule has 0 saturated carbocycles. The zero-order valence-corrected chi connectivity index (χ0v) is 22.6. The topological polar surface area (TPSA) is 15.8 Å². The summed E-state index contributed by atoms with van der Waals surface area (Å²) < 4.78 is 0. The lowest BCUT2D eigenvalue weighted by Crippen LogP contribution is -2.00. The molecule has 1 aromatic heterocycles. The fourth-order valence-corrected chi connectivity index (χ4v) is 10.8. The molecule has 9 rings (SSSR count). The van der Waals surface area contributed by atoms with Crippen LogP contribution >= 0.6 is 10.0 Å². The Morgan fingerprint density at radius 1 is 0.400 bits per heavy atom.